The van der Waals surface area contributed by atoms with Crippen LogP contribution in [0.1, 0.15) is 36.0 Å². The number of halogens is 1. The Bertz CT molecular complexity index is 446. The van der Waals surface area contributed by atoms with Gasteiger partial charge in [-0.15, -0.1) is 0 Å². The Labute approximate surface area is 116 Å². The summed E-state index contributed by atoms with van der Waals surface area (Å²) in [5.41, 5.74) is 0.640. The molecule has 0 spiro atoms. The Hall–Kier alpha value is -0.900. The van der Waals surface area contributed by atoms with Crippen molar-refractivity contribution in [2.24, 2.45) is 17.8 Å². The normalized spacial score (nSPS) is 29.5. The molecule has 2 aliphatic rings. The highest BCUT2D eigenvalue weighted by Gasteiger charge is 2.39. The standard InChI is InChI=1S/C14H17BrN2O/c15-13-4-3-11(7-16-13)14(18)17-8-12-6-9-1-2-10(12)5-9/h3-4,7,9-10,12H,1-2,5-6,8H2,(H,17,18). The van der Waals surface area contributed by atoms with Gasteiger partial charge < -0.3 is 5.32 Å². The van der Waals surface area contributed by atoms with Crippen molar-refractivity contribution in [3.05, 3.63) is 28.5 Å². The van der Waals surface area contributed by atoms with Crippen molar-refractivity contribution < 1.29 is 4.79 Å². The molecule has 4 heteroatoms. The van der Waals surface area contributed by atoms with Gasteiger partial charge in [-0.05, 0) is 65.1 Å². The van der Waals surface area contributed by atoms with Gasteiger partial charge in [0.1, 0.15) is 4.60 Å². The van der Waals surface area contributed by atoms with Crippen molar-refractivity contribution in [1.29, 1.82) is 0 Å². The molecule has 2 bridgehead atoms. The van der Waals surface area contributed by atoms with Crippen LogP contribution in [0.15, 0.2) is 22.9 Å². The van der Waals surface area contributed by atoms with Crippen molar-refractivity contribution >= 4 is 21.8 Å². The molecule has 1 N–H and O–H groups in total. The number of pyridine rings is 1. The Morgan fingerprint density at radius 2 is 2.28 bits per heavy atom. The zero-order valence-corrected chi connectivity index (χ0v) is 11.8. The number of rotatable bonds is 3. The van der Waals surface area contributed by atoms with Crippen molar-refractivity contribution in [1.82, 2.24) is 10.3 Å². The smallest absolute Gasteiger partial charge is 0.252 e. The number of amides is 1. The molecule has 1 aromatic heterocycles. The van der Waals surface area contributed by atoms with Crippen molar-refractivity contribution in [3.63, 3.8) is 0 Å². The van der Waals surface area contributed by atoms with E-state index >= 15 is 0 Å². The maximum atomic E-state index is 12.0. The first-order valence-electron chi connectivity index (χ1n) is 6.62. The maximum absolute atomic E-state index is 12.0. The van der Waals surface area contributed by atoms with E-state index in [1.54, 1.807) is 18.3 Å². The van der Waals surface area contributed by atoms with Crippen molar-refractivity contribution in [3.8, 4) is 0 Å². The predicted octanol–water partition coefficient (Wildman–Crippen LogP) is 3.01. The van der Waals surface area contributed by atoms with Gasteiger partial charge in [-0.25, -0.2) is 4.98 Å². The number of fused-ring (bicyclic) bond motifs is 2. The molecule has 0 aromatic carbocycles. The Balaban J connectivity index is 1.54. The van der Waals surface area contributed by atoms with Crippen LogP contribution < -0.4 is 5.32 Å². The third kappa shape index (κ3) is 2.44. The van der Waals surface area contributed by atoms with E-state index in [2.05, 4.69) is 26.2 Å². The van der Waals surface area contributed by atoms with Gasteiger partial charge >= 0.3 is 0 Å². The number of nitrogens with zero attached hydrogens (tertiary/aromatic N) is 1. The van der Waals surface area contributed by atoms with E-state index in [0.717, 1.165) is 23.0 Å². The van der Waals surface area contributed by atoms with E-state index in [9.17, 15) is 4.79 Å². The molecule has 2 aliphatic carbocycles. The minimum atomic E-state index is -0.00206. The van der Waals surface area contributed by atoms with Gasteiger partial charge in [-0.2, -0.15) is 0 Å². The fourth-order valence-corrected chi connectivity index (χ4v) is 3.70. The van der Waals surface area contributed by atoms with Gasteiger partial charge in [0.25, 0.3) is 5.91 Å². The highest BCUT2D eigenvalue weighted by Crippen LogP contribution is 2.47. The zero-order chi connectivity index (χ0) is 12.5. The first-order valence-corrected chi connectivity index (χ1v) is 7.41. The van der Waals surface area contributed by atoms with E-state index in [1.165, 1.54) is 25.7 Å². The van der Waals surface area contributed by atoms with E-state index < -0.39 is 0 Å². The lowest BCUT2D eigenvalue weighted by atomic mass is 9.89. The Morgan fingerprint density at radius 3 is 2.89 bits per heavy atom. The minimum Gasteiger partial charge on any atom is -0.352 e. The molecule has 3 unspecified atom stereocenters. The van der Waals surface area contributed by atoms with Crippen LogP contribution in [0.4, 0.5) is 0 Å². The topological polar surface area (TPSA) is 42.0 Å². The fraction of sp³-hybridized carbons (Fsp3) is 0.571. The van der Waals surface area contributed by atoms with Gasteiger partial charge in [0.2, 0.25) is 0 Å². The molecular formula is C14H17BrN2O. The van der Waals surface area contributed by atoms with Crippen LogP contribution in [0.25, 0.3) is 0 Å². The summed E-state index contributed by atoms with van der Waals surface area (Å²) in [7, 11) is 0. The third-order valence-corrected chi connectivity index (χ3v) is 4.87. The van der Waals surface area contributed by atoms with Gasteiger partial charge in [-0.1, -0.05) is 6.42 Å². The summed E-state index contributed by atoms with van der Waals surface area (Å²) in [5, 5.41) is 3.05. The Morgan fingerprint density at radius 1 is 1.39 bits per heavy atom. The van der Waals surface area contributed by atoms with Crippen LogP contribution >= 0.6 is 15.9 Å². The molecule has 1 amide bonds. The summed E-state index contributed by atoms with van der Waals surface area (Å²) in [5.74, 6) is 2.50. The molecule has 96 valence electrons. The number of hydrogen-bond acceptors (Lipinski definition) is 2. The largest absolute Gasteiger partial charge is 0.352 e. The molecule has 0 radical (unpaired) electrons. The number of carbonyl (C=O) groups excluding carboxylic acids is 1. The fourth-order valence-electron chi connectivity index (χ4n) is 3.46. The lowest BCUT2D eigenvalue weighted by Crippen LogP contribution is -2.31. The van der Waals surface area contributed by atoms with Gasteiger partial charge in [0, 0.05) is 12.7 Å². The number of nitrogens with one attached hydrogen (secondary N) is 1. The Kier molecular flexibility index (Phi) is 3.37. The summed E-state index contributed by atoms with van der Waals surface area (Å²) in [6, 6.07) is 3.60. The molecule has 2 fully saturated rings. The number of hydrogen-bond donors (Lipinski definition) is 1. The molecular weight excluding hydrogens is 292 g/mol. The van der Waals surface area contributed by atoms with Crippen LogP contribution in [0.2, 0.25) is 0 Å². The second-order valence-electron chi connectivity index (χ2n) is 5.51. The molecule has 1 aromatic rings. The predicted molar refractivity (Wildman–Crippen MR) is 73.2 cm³/mol. The maximum Gasteiger partial charge on any atom is 0.252 e. The van der Waals surface area contributed by atoms with Gasteiger partial charge in [-0.3, -0.25) is 4.79 Å². The quantitative estimate of drug-likeness (QED) is 0.872. The zero-order valence-electron chi connectivity index (χ0n) is 10.2. The molecule has 3 nitrogen and oxygen atoms in total. The van der Waals surface area contributed by atoms with Crippen molar-refractivity contribution in [2.75, 3.05) is 6.54 Å². The number of carbonyl (C=O) groups is 1. The third-order valence-electron chi connectivity index (χ3n) is 4.40. The lowest BCUT2D eigenvalue weighted by molar-refractivity contribution is 0.0941. The molecule has 2 saturated carbocycles. The van der Waals surface area contributed by atoms with Crippen molar-refractivity contribution in [2.45, 2.75) is 25.7 Å². The SMILES string of the molecule is O=C(NCC1CC2CCC1C2)c1ccc(Br)nc1. The summed E-state index contributed by atoms with van der Waals surface area (Å²) < 4.78 is 0.757. The highest BCUT2D eigenvalue weighted by atomic mass is 79.9. The van der Waals surface area contributed by atoms with E-state index in [0.29, 0.717) is 11.5 Å². The van der Waals surface area contributed by atoms with Crippen LogP contribution in [-0.2, 0) is 0 Å². The second kappa shape index (κ2) is 5.00. The second-order valence-corrected chi connectivity index (χ2v) is 6.33. The monoisotopic (exact) mass is 308 g/mol. The molecule has 0 aliphatic heterocycles. The minimum absolute atomic E-state index is 0.00206. The van der Waals surface area contributed by atoms with E-state index in [1.807, 2.05) is 0 Å². The molecule has 18 heavy (non-hydrogen) atoms. The summed E-state index contributed by atoms with van der Waals surface area (Å²) in [4.78, 5) is 16.0. The average molecular weight is 309 g/mol. The van der Waals surface area contributed by atoms with Crippen LogP contribution in [0.3, 0.4) is 0 Å². The molecule has 3 atom stereocenters. The lowest BCUT2D eigenvalue weighted by Gasteiger charge is -2.21. The highest BCUT2D eigenvalue weighted by molar-refractivity contribution is 9.10. The van der Waals surface area contributed by atoms with E-state index in [-0.39, 0.29) is 5.91 Å². The first kappa shape index (κ1) is 12.2. The summed E-state index contributed by atoms with van der Waals surface area (Å²) in [6.07, 6.45) is 7.08. The van der Waals surface area contributed by atoms with E-state index in [4.69, 9.17) is 0 Å². The molecule has 1 heterocycles. The first-order chi connectivity index (χ1) is 8.72. The number of aromatic nitrogens is 1. The molecule has 0 saturated heterocycles. The van der Waals surface area contributed by atoms with Crippen LogP contribution in [0, 0.1) is 17.8 Å². The summed E-state index contributed by atoms with van der Waals surface area (Å²) >= 11 is 3.27. The van der Waals surface area contributed by atoms with Gasteiger partial charge in [0.15, 0.2) is 0 Å². The molecule has 3 rings (SSSR count). The summed E-state index contributed by atoms with van der Waals surface area (Å²) in [6.45, 7) is 0.829. The average Bonchev–Trinajstić information content (AvgIpc) is 2.99. The van der Waals surface area contributed by atoms with Crippen LogP contribution in [-0.4, -0.2) is 17.4 Å². The van der Waals surface area contributed by atoms with Gasteiger partial charge in [0.05, 0.1) is 5.56 Å². The van der Waals surface area contributed by atoms with Crippen LogP contribution in [0.5, 0.6) is 0 Å².